The molecule has 0 saturated carbocycles. The van der Waals surface area contributed by atoms with Gasteiger partial charge in [0, 0.05) is 25.0 Å². The van der Waals surface area contributed by atoms with Crippen molar-refractivity contribution in [2.45, 2.75) is 37.1 Å². The molecule has 126 valence electrons. The Kier molecular flexibility index (Phi) is 6.33. The topological polar surface area (TPSA) is 52.7 Å². The highest BCUT2D eigenvalue weighted by Crippen LogP contribution is 2.26. The lowest BCUT2D eigenvalue weighted by Gasteiger charge is -2.39. The number of benzene rings is 1. The van der Waals surface area contributed by atoms with E-state index in [1.165, 1.54) is 0 Å². The fraction of sp³-hybridized carbons (Fsp3) is 0.529. The number of carbonyl (C=O) groups excluding carboxylic acids is 2. The number of rotatable bonds is 5. The summed E-state index contributed by atoms with van der Waals surface area (Å²) in [5.74, 6) is 0.0398. The molecule has 1 N–H and O–H groups in total. The summed E-state index contributed by atoms with van der Waals surface area (Å²) in [6, 6.07) is 7.18. The van der Waals surface area contributed by atoms with Crippen LogP contribution in [0, 0.1) is 0 Å². The van der Waals surface area contributed by atoms with Gasteiger partial charge in [-0.2, -0.15) is 0 Å². The van der Waals surface area contributed by atoms with E-state index in [0.29, 0.717) is 13.1 Å². The van der Waals surface area contributed by atoms with Gasteiger partial charge in [-0.05, 0) is 24.8 Å². The normalized spacial score (nSPS) is 18.2. The number of urea groups is 1. The third-order valence-corrected chi connectivity index (χ3v) is 4.95. The standard InChI is InChI=1S/C17H25N3O2S/c1-4-5-9-14-16(21)19(2)11-12-20(14)17(22)18-13-8-6-7-10-15(13)23-3/h6-8,10,14H,4-5,9,11-12H2,1-3H3,(H,18,22). The zero-order chi connectivity index (χ0) is 16.8. The Hall–Kier alpha value is -1.69. The molecule has 5 nitrogen and oxygen atoms in total. The van der Waals surface area contributed by atoms with Crippen LogP contribution in [0.4, 0.5) is 10.5 Å². The molecule has 3 amide bonds. The highest BCUT2D eigenvalue weighted by atomic mass is 32.2. The number of likely N-dealkylation sites (N-methyl/N-ethyl adjacent to an activating group) is 1. The van der Waals surface area contributed by atoms with Gasteiger partial charge < -0.3 is 15.1 Å². The molecule has 0 aliphatic carbocycles. The summed E-state index contributed by atoms with van der Waals surface area (Å²) >= 11 is 1.59. The molecule has 1 aliphatic rings. The predicted molar refractivity (Wildman–Crippen MR) is 94.9 cm³/mol. The van der Waals surface area contributed by atoms with Gasteiger partial charge in [-0.1, -0.05) is 31.9 Å². The van der Waals surface area contributed by atoms with E-state index in [9.17, 15) is 9.59 Å². The van der Waals surface area contributed by atoms with Crippen LogP contribution in [0.25, 0.3) is 0 Å². The van der Waals surface area contributed by atoms with E-state index >= 15 is 0 Å². The lowest BCUT2D eigenvalue weighted by molar-refractivity contribution is -0.138. The monoisotopic (exact) mass is 335 g/mol. The highest BCUT2D eigenvalue weighted by Gasteiger charge is 2.35. The summed E-state index contributed by atoms with van der Waals surface area (Å²) < 4.78 is 0. The summed E-state index contributed by atoms with van der Waals surface area (Å²) in [5, 5.41) is 2.97. The predicted octanol–water partition coefficient (Wildman–Crippen LogP) is 3.27. The summed E-state index contributed by atoms with van der Waals surface area (Å²) in [5.41, 5.74) is 0.797. The van der Waals surface area contributed by atoms with Crippen molar-refractivity contribution < 1.29 is 9.59 Å². The summed E-state index contributed by atoms with van der Waals surface area (Å²) in [7, 11) is 1.81. The van der Waals surface area contributed by atoms with Crippen LogP contribution in [0.1, 0.15) is 26.2 Å². The third kappa shape index (κ3) is 4.19. The van der Waals surface area contributed by atoms with Crippen LogP contribution < -0.4 is 5.32 Å². The van der Waals surface area contributed by atoms with Crippen LogP contribution >= 0.6 is 11.8 Å². The summed E-state index contributed by atoms with van der Waals surface area (Å²) in [6.07, 6.45) is 4.65. The Morgan fingerprint density at radius 1 is 1.35 bits per heavy atom. The summed E-state index contributed by atoms with van der Waals surface area (Å²) in [6.45, 7) is 3.25. The second-order valence-corrected chi connectivity index (χ2v) is 6.59. The van der Waals surface area contributed by atoms with Crippen molar-refractivity contribution in [1.29, 1.82) is 0 Å². The van der Waals surface area contributed by atoms with Gasteiger partial charge in [0.1, 0.15) is 6.04 Å². The molecule has 1 atom stereocenters. The van der Waals surface area contributed by atoms with Crippen molar-refractivity contribution in [3.8, 4) is 0 Å². The van der Waals surface area contributed by atoms with Crippen LogP contribution in [0.2, 0.25) is 0 Å². The maximum atomic E-state index is 12.7. The molecule has 2 rings (SSSR count). The van der Waals surface area contributed by atoms with Crippen LogP contribution in [0.5, 0.6) is 0 Å². The summed E-state index contributed by atoms with van der Waals surface area (Å²) in [4.78, 5) is 29.5. The van der Waals surface area contributed by atoms with E-state index in [2.05, 4.69) is 12.2 Å². The number of anilines is 1. The fourth-order valence-corrected chi connectivity index (χ4v) is 3.32. The molecule has 0 radical (unpaired) electrons. The first-order chi connectivity index (χ1) is 11.1. The highest BCUT2D eigenvalue weighted by molar-refractivity contribution is 7.98. The number of thioether (sulfide) groups is 1. The number of nitrogens with zero attached hydrogens (tertiary/aromatic N) is 2. The first-order valence-corrected chi connectivity index (χ1v) is 9.26. The lowest BCUT2D eigenvalue weighted by Crippen LogP contribution is -2.58. The molecule has 0 spiro atoms. The van der Waals surface area contributed by atoms with Crippen LogP contribution in [0.3, 0.4) is 0 Å². The Morgan fingerprint density at radius 3 is 2.78 bits per heavy atom. The van der Waals surface area contributed by atoms with Gasteiger partial charge >= 0.3 is 6.03 Å². The first-order valence-electron chi connectivity index (χ1n) is 8.04. The molecule has 1 fully saturated rings. The number of para-hydroxylation sites is 1. The molecular formula is C17H25N3O2S. The number of piperazine rings is 1. The first kappa shape index (κ1) is 17.7. The molecule has 6 heteroatoms. The zero-order valence-electron chi connectivity index (χ0n) is 14.0. The van der Waals surface area contributed by atoms with Gasteiger partial charge in [0.05, 0.1) is 5.69 Å². The second kappa shape index (κ2) is 8.24. The van der Waals surface area contributed by atoms with Crippen LogP contribution in [-0.4, -0.2) is 54.2 Å². The van der Waals surface area contributed by atoms with Crippen molar-refractivity contribution in [3.05, 3.63) is 24.3 Å². The van der Waals surface area contributed by atoms with Gasteiger partial charge in [0.15, 0.2) is 0 Å². The van der Waals surface area contributed by atoms with Gasteiger partial charge in [-0.15, -0.1) is 11.8 Å². The van der Waals surface area contributed by atoms with Crippen molar-refractivity contribution in [3.63, 3.8) is 0 Å². The van der Waals surface area contributed by atoms with Crippen LogP contribution in [0.15, 0.2) is 29.2 Å². The van der Waals surface area contributed by atoms with Crippen LogP contribution in [-0.2, 0) is 4.79 Å². The largest absolute Gasteiger partial charge is 0.342 e. The fourth-order valence-electron chi connectivity index (χ4n) is 2.77. The van der Waals surface area contributed by atoms with E-state index in [0.717, 1.165) is 29.8 Å². The number of carbonyl (C=O) groups is 2. The molecule has 1 aliphatic heterocycles. The second-order valence-electron chi connectivity index (χ2n) is 5.74. The van der Waals surface area contributed by atoms with Crippen molar-refractivity contribution in [2.75, 3.05) is 31.7 Å². The number of hydrogen-bond acceptors (Lipinski definition) is 3. The molecule has 1 unspecified atom stereocenters. The minimum Gasteiger partial charge on any atom is -0.342 e. The zero-order valence-corrected chi connectivity index (χ0v) is 14.9. The molecule has 1 saturated heterocycles. The van der Waals surface area contributed by atoms with Crippen molar-refractivity contribution in [2.24, 2.45) is 0 Å². The van der Waals surface area contributed by atoms with Gasteiger partial charge in [-0.3, -0.25) is 4.79 Å². The lowest BCUT2D eigenvalue weighted by atomic mass is 10.0. The average molecular weight is 335 g/mol. The Bertz CT molecular complexity index is 565. The number of nitrogens with one attached hydrogen (secondary N) is 1. The van der Waals surface area contributed by atoms with Crippen molar-refractivity contribution >= 4 is 29.4 Å². The Balaban J connectivity index is 2.13. The van der Waals surface area contributed by atoms with Gasteiger partial charge in [0.2, 0.25) is 5.91 Å². The van der Waals surface area contributed by atoms with Gasteiger partial charge in [-0.25, -0.2) is 4.79 Å². The molecule has 1 aromatic carbocycles. The van der Waals surface area contributed by atoms with E-state index in [1.54, 1.807) is 28.6 Å². The Morgan fingerprint density at radius 2 is 2.09 bits per heavy atom. The minimum absolute atomic E-state index is 0.0398. The molecular weight excluding hydrogens is 310 g/mol. The maximum Gasteiger partial charge on any atom is 0.322 e. The maximum absolute atomic E-state index is 12.7. The van der Waals surface area contributed by atoms with E-state index < -0.39 is 0 Å². The average Bonchev–Trinajstić information content (AvgIpc) is 2.56. The quantitative estimate of drug-likeness (QED) is 0.840. The molecule has 0 bridgehead atoms. The van der Waals surface area contributed by atoms with Crippen molar-refractivity contribution in [1.82, 2.24) is 9.80 Å². The van der Waals surface area contributed by atoms with E-state index in [-0.39, 0.29) is 18.0 Å². The molecule has 23 heavy (non-hydrogen) atoms. The van der Waals surface area contributed by atoms with Gasteiger partial charge in [0.25, 0.3) is 0 Å². The van der Waals surface area contributed by atoms with E-state index in [1.807, 2.05) is 30.5 Å². The third-order valence-electron chi connectivity index (χ3n) is 4.15. The smallest absolute Gasteiger partial charge is 0.322 e. The number of hydrogen-bond donors (Lipinski definition) is 1. The minimum atomic E-state index is -0.352. The SMILES string of the molecule is CCCCC1C(=O)N(C)CCN1C(=O)Nc1ccccc1SC. The van der Waals surface area contributed by atoms with E-state index in [4.69, 9.17) is 0 Å². The number of unbranched alkanes of at least 4 members (excludes halogenated alkanes) is 1. The molecule has 1 heterocycles. The molecule has 1 aromatic rings. The molecule has 0 aromatic heterocycles. The Labute approximate surface area is 142 Å². The number of amides is 3.